The van der Waals surface area contributed by atoms with Gasteiger partial charge in [-0.05, 0) is 43.4 Å². The van der Waals surface area contributed by atoms with Crippen LogP contribution in [-0.2, 0) is 4.79 Å². The van der Waals surface area contributed by atoms with Gasteiger partial charge in [0.25, 0.3) is 0 Å². The zero-order valence-electron chi connectivity index (χ0n) is 13.0. The summed E-state index contributed by atoms with van der Waals surface area (Å²) in [6.45, 7) is 1.96. The molecule has 0 bridgehead atoms. The second-order valence-electron chi connectivity index (χ2n) is 5.49. The average molecular weight is 344 g/mol. The number of nitrogens with one attached hydrogen (secondary N) is 1. The molecule has 124 valence electrons. The van der Waals surface area contributed by atoms with E-state index in [4.69, 9.17) is 5.73 Å². The Hall–Kier alpha value is -0.910. The molecule has 1 fully saturated rings. The molecule has 1 aliphatic rings. The summed E-state index contributed by atoms with van der Waals surface area (Å²) in [5, 5.41) is 3.10. The van der Waals surface area contributed by atoms with Crippen LogP contribution in [0.4, 0.5) is 5.69 Å². The molecule has 1 aromatic carbocycles. The minimum atomic E-state index is -0.371. The molecule has 1 aliphatic heterocycles. The molecule has 0 saturated carbocycles. The quantitative estimate of drug-likeness (QED) is 0.832. The Morgan fingerprint density at radius 1 is 1.36 bits per heavy atom. The molecule has 2 rings (SSSR count). The van der Waals surface area contributed by atoms with Gasteiger partial charge in [-0.3, -0.25) is 4.79 Å². The highest BCUT2D eigenvalue weighted by molar-refractivity contribution is 7.98. The van der Waals surface area contributed by atoms with E-state index < -0.39 is 0 Å². The van der Waals surface area contributed by atoms with Gasteiger partial charge in [-0.2, -0.15) is 11.8 Å². The molecule has 22 heavy (non-hydrogen) atoms. The summed E-state index contributed by atoms with van der Waals surface area (Å²) < 4.78 is 0. The number of halogens is 1. The van der Waals surface area contributed by atoms with Crippen LogP contribution in [0, 0.1) is 0 Å². The lowest BCUT2D eigenvalue weighted by atomic mass is 10.0. The summed E-state index contributed by atoms with van der Waals surface area (Å²) in [5.41, 5.74) is 7.17. The third-order valence-corrected chi connectivity index (χ3v) is 4.58. The van der Waals surface area contributed by atoms with Crippen molar-refractivity contribution in [1.29, 1.82) is 0 Å². The number of thioether (sulfide) groups is 1. The Morgan fingerprint density at radius 3 is 2.59 bits per heavy atom. The maximum atomic E-state index is 12.0. The van der Waals surface area contributed by atoms with Crippen LogP contribution in [0.1, 0.15) is 19.3 Å². The normalized spacial score (nSPS) is 16.7. The van der Waals surface area contributed by atoms with E-state index in [0.29, 0.717) is 0 Å². The van der Waals surface area contributed by atoms with Crippen LogP contribution in [-0.4, -0.2) is 43.1 Å². The topological polar surface area (TPSA) is 58.4 Å². The molecule has 6 heteroatoms. The molecule has 1 atom stereocenters. The van der Waals surface area contributed by atoms with Crippen molar-refractivity contribution in [1.82, 2.24) is 5.32 Å². The second kappa shape index (κ2) is 9.98. The largest absolute Gasteiger partial charge is 0.371 e. The number of hydrogen-bond donors (Lipinski definition) is 2. The van der Waals surface area contributed by atoms with Crippen molar-refractivity contribution >= 4 is 35.8 Å². The van der Waals surface area contributed by atoms with Crippen LogP contribution in [0.15, 0.2) is 30.3 Å². The van der Waals surface area contributed by atoms with E-state index in [0.717, 1.165) is 38.1 Å². The Labute approximate surface area is 143 Å². The lowest BCUT2D eigenvalue weighted by molar-refractivity contribution is -0.123. The highest BCUT2D eigenvalue weighted by Gasteiger charge is 2.22. The number of benzene rings is 1. The van der Waals surface area contributed by atoms with Crippen molar-refractivity contribution in [2.45, 2.75) is 31.3 Å². The number of nitrogens with zero attached hydrogens (tertiary/aromatic N) is 1. The standard InChI is InChI=1S/C16H25N3OS.ClH/c1-21-12-9-15(17)16(20)18-13-7-10-19(11-8-13)14-5-3-2-4-6-14;/h2-6,13,15H,7-12,17H2,1H3,(H,18,20);1H/t15-;/m0./s1. The van der Waals surface area contributed by atoms with Crippen LogP contribution in [0.5, 0.6) is 0 Å². The summed E-state index contributed by atoms with van der Waals surface area (Å²) in [6.07, 6.45) is 4.74. The van der Waals surface area contributed by atoms with E-state index >= 15 is 0 Å². The highest BCUT2D eigenvalue weighted by Crippen LogP contribution is 2.19. The van der Waals surface area contributed by atoms with Crippen LogP contribution in [0.3, 0.4) is 0 Å². The maximum absolute atomic E-state index is 12.0. The Bertz CT molecular complexity index is 438. The zero-order valence-corrected chi connectivity index (χ0v) is 14.7. The molecule has 1 saturated heterocycles. The first-order chi connectivity index (χ1) is 10.2. The van der Waals surface area contributed by atoms with Gasteiger partial charge in [0.2, 0.25) is 5.91 Å². The third kappa shape index (κ3) is 5.71. The number of carbonyl (C=O) groups excluding carboxylic acids is 1. The number of para-hydroxylation sites is 1. The first-order valence-electron chi connectivity index (χ1n) is 7.55. The molecule has 1 amide bonds. The Kier molecular flexibility index (Phi) is 8.68. The highest BCUT2D eigenvalue weighted by atomic mass is 35.5. The molecule has 1 heterocycles. The summed E-state index contributed by atoms with van der Waals surface area (Å²) in [5.74, 6) is 0.934. The summed E-state index contributed by atoms with van der Waals surface area (Å²) in [6, 6.07) is 10.3. The lowest BCUT2D eigenvalue weighted by Gasteiger charge is -2.34. The number of nitrogens with two attached hydrogens (primary N) is 1. The van der Waals surface area contributed by atoms with E-state index in [9.17, 15) is 4.79 Å². The van der Waals surface area contributed by atoms with Crippen molar-refractivity contribution in [2.24, 2.45) is 5.73 Å². The van der Waals surface area contributed by atoms with Crippen LogP contribution < -0.4 is 16.0 Å². The van der Waals surface area contributed by atoms with E-state index in [2.05, 4.69) is 34.5 Å². The molecule has 0 aromatic heterocycles. The molecule has 3 N–H and O–H groups in total. The molecule has 0 unspecified atom stereocenters. The maximum Gasteiger partial charge on any atom is 0.237 e. The Balaban J connectivity index is 0.00000242. The van der Waals surface area contributed by atoms with E-state index in [-0.39, 0.29) is 30.4 Å². The lowest BCUT2D eigenvalue weighted by Crippen LogP contribution is -2.49. The van der Waals surface area contributed by atoms with Gasteiger partial charge in [0, 0.05) is 24.8 Å². The van der Waals surface area contributed by atoms with Crippen LogP contribution in [0.2, 0.25) is 0 Å². The second-order valence-corrected chi connectivity index (χ2v) is 6.48. The fourth-order valence-electron chi connectivity index (χ4n) is 2.60. The van der Waals surface area contributed by atoms with Crippen molar-refractivity contribution in [3.05, 3.63) is 30.3 Å². The predicted molar refractivity (Wildman–Crippen MR) is 98.0 cm³/mol. The van der Waals surface area contributed by atoms with E-state index in [1.165, 1.54) is 5.69 Å². The van der Waals surface area contributed by atoms with Crippen LogP contribution >= 0.6 is 24.2 Å². The summed E-state index contributed by atoms with van der Waals surface area (Å²) >= 11 is 1.72. The van der Waals surface area contributed by atoms with Gasteiger partial charge in [0.1, 0.15) is 0 Å². The van der Waals surface area contributed by atoms with Gasteiger partial charge in [0.05, 0.1) is 6.04 Å². The molecule has 1 aromatic rings. The van der Waals surface area contributed by atoms with Crippen molar-refractivity contribution in [3.63, 3.8) is 0 Å². The Morgan fingerprint density at radius 2 is 2.00 bits per heavy atom. The number of hydrogen-bond acceptors (Lipinski definition) is 4. The van der Waals surface area contributed by atoms with E-state index in [1.54, 1.807) is 11.8 Å². The predicted octanol–water partition coefficient (Wildman–Crippen LogP) is 2.27. The number of amides is 1. The first kappa shape index (κ1) is 19.1. The van der Waals surface area contributed by atoms with Gasteiger partial charge in [-0.25, -0.2) is 0 Å². The monoisotopic (exact) mass is 343 g/mol. The van der Waals surface area contributed by atoms with Crippen molar-refractivity contribution < 1.29 is 4.79 Å². The molecular weight excluding hydrogens is 318 g/mol. The van der Waals surface area contributed by atoms with E-state index in [1.807, 2.05) is 12.3 Å². The van der Waals surface area contributed by atoms with Gasteiger partial charge in [-0.1, -0.05) is 18.2 Å². The minimum Gasteiger partial charge on any atom is -0.371 e. The number of carbonyl (C=O) groups is 1. The first-order valence-corrected chi connectivity index (χ1v) is 8.95. The minimum absolute atomic E-state index is 0. The van der Waals surface area contributed by atoms with Crippen LogP contribution in [0.25, 0.3) is 0 Å². The summed E-state index contributed by atoms with van der Waals surface area (Å²) in [7, 11) is 0. The SMILES string of the molecule is CSCC[C@H](N)C(=O)NC1CCN(c2ccccc2)CC1.Cl. The fourth-order valence-corrected chi connectivity index (χ4v) is 3.09. The van der Waals surface area contributed by atoms with Crippen molar-refractivity contribution in [2.75, 3.05) is 30.0 Å². The molecule has 0 aliphatic carbocycles. The number of rotatable bonds is 6. The van der Waals surface area contributed by atoms with Gasteiger partial charge >= 0.3 is 0 Å². The average Bonchev–Trinajstić information content (AvgIpc) is 2.54. The van der Waals surface area contributed by atoms with Gasteiger partial charge in [-0.15, -0.1) is 12.4 Å². The number of piperidine rings is 1. The zero-order chi connectivity index (χ0) is 15.1. The van der Waals surface area contributed by atoms with Gasteiger partial charge < -0.3 is 16.0 Å². The molecule has 0 spiro atoms. The van der Waals surface area contributed by atoms with Crippen molar-refractivity contribution in [3.8, 4) is 0 Å². The molecular formula is C16H26ClN3OS. The third-order valence-electron chi connectivity index (χ3n) is 3.93. The fraction of sp³-hybridized carbons (Fsp3) is 0.562. The molecule has 0 radical (unpaired) electrons. The smallest absolute Gasteiger partial charge is 0.237 e. The number of anilines is 1. The summed E-state index contributed by atoms with van der Waals surface area (Å²) in [4.78, 5) is 14.4. The molecule has 4 nitrogen and oxygen atoms in total. The van der Waals surface area contributed by atoms with Gasteiger partial charge in [0.15, 0.2) is 0 Å².